The first-order chi connectivity index (χ1) is 7.83. The Balaban J connectivity index is 1.90. The monoisotopic (exact) mass is 225 g/mol. The Hall–Kier alpha value is -0.940. The Morgan fingerprint density at radius 3 is 2.94 bits per heavy atom. The average molecular weight is 225 g/mol. The van der Waals surface area contributed by atoms with Crippen LogP contribution >= 0.6 is 0 Å². The molecule has 5 heteroatoms. The lowest BCUT2D eigenvalue weighted by Crippen LogP contribution is -2.32. The van der Waals surface area contributed by atoms with Crippen molar-refractivity contribution in [1.29, 1.82) is 0 Å². The van der Waals surface area contributed by atoms with Gasteiger partial charge in [0.05, 0.1) is 6.61 Å². The number of nitrogens with zero attached hydrogens (tertiary/aromatic N) is 2. The second kappa shape index (κ2) is 5.41. The molecule has 2 rings (SSSR count). The number of methoxy groups -OCH3 is 1. The first kappa shape index (κ1) is 11.5. The van der Waals surface area contributed by atoms with E-state index in [2.05, 4.69) is 15.5 Å². The van der Waals surface area contributed by atoms with E-state index in [-0.39, 0.29) is 6.04 Å². The number of aromatic nitrogens is 2. The molecule has 1 aromatic rings. The molecule has 0 saturated heterocycles. The Bertz CT molecular complexity index is 323. The van der Waals surface area contributed by atoms with E-state index >= 15 is 0 Å². The van der Waals surface area contributed by atoms with Gasteiger partial charge in [-0.3, -0.25) is 0 Å². The number of hydrogen-bond acceptors (Lipinski definition) is 5. The molecule has 0 radical (unpaired) electrons. The maximum Gasteiger partial charge on any atom is 0.228 e. The van der Waals surface area contributed by atoms with Gasteiger partial charge in [-0.15, -0.1) is 0 Å². The minimum absolute atomic E-state index is 0.236. The molecule has 1 aliphatic rings. The molecule has 1 N–H and O–H groups in total. The summed E-state index contributed by atoms with van der Waals surface area (Å²) >= 11 is 0. The molecule has 0 spiro atoms. The highest BCUT2D eigenvalue weighted by atomic mass is 16.5. The SMILES string of the molecule is CNC(COC)Cc1nc(C2CCC2)no1. The lowest BCUT2D eigenvalue weighted by atomic mass is 9.85. The van der Waals surface area contributed by atoms with E-state index in [1.165, 1.54) is 19.3 Å². The summed E-state index contributed by atoms with van der Waals surface area (Å²) in [5, 5.41) is 7.20. The van der Waals surface area contributed by atoms with Crippen LogP contribution in [0.2, 0.25) is 0 Å². The molecular formula is C11H19N3O2. The van der Waals surface area contributed by atoms with Crippen LogP contribution in [0, 0.1) is 0 Å². The lowest BCUT2D eigenvalue weighted by molar-refractivity contribution is 0.165. The Morgan fingerprint density at radius 1 is 1.56 bits per heavy atom. The third kappa shape index (κ3) is 2.59. The molecule has 1 aliphatic carbocycles. The molecule has 5 nitrogen and oxygen atoms in total. The fraction of sp³-hybridized carbons (Fsp3) is 0.818. The number of rotatable bonds is 6. The summed E-state index contributed by atoms with van der Waals surface area (Å²) in [5.41, 5.74) is 0. The number of ether oxygens (including phenoxy) is 1. The van der Waals surface area contributed by atoms with Crippen molar-refractivity contribution in [1.82, 2.24) is 15.5 Å². The van der Waals surface area contributed by atoms with Gasteiger partial charge in [0, 0.05) is 25.5 Å². The van der Waals surface area contributed by atoms with Crippen LogP contribution in [0.3, 0.4) is 0 Å². The molecular weight excluding hydrogens is 206 g/mol. The van der Waals surface area contributed by atoms with Crippen molar-refractivity contribution in [3.8, 4) is 0 Å². The van der Waals surface area contributed by atoms with Gasteiger partial charge in [-0.25, -0.2) is 0 Å². The molecule has 16 heavy (non-hydrogen) atoms. The predicted molar refractivity (Wildman–Crippen MR) is 59.3 cm³/mol. The van der Waals surface area contributed by atoms with Crippen LogP contribution in [0.5, 0.6) is 0 Å². The van der Waals surface area contributed by atoms with E-state index in [0.717, 1.165) is 12.2 Å². The average Bonchev–Trinajstić information content (AvgIpc) is 2.63. The standard InChI is InChI=1S/C11H19N3O2/c1-12-9(7-15-2)6-10-13-11(14-16-10)8-4-3-5-8/h8-9,12H,3-7H2,1-2H3. The van der Waals surface area contributed by atoms with Crippen LogP contribution in [-0.2, 0) is 11.2 Å². The zero-order chi connectivity index (χ0) is 11.4. The van der Waals surface area contributed by atoms with E-state index < -0.39 is 0 Å². The molecule has 1 fully saturated rings. The normalized spacial score (nSPS) is 18.4. The fourth-order valence-corrected chi connectivity index (χ4v) is 1.84. The maximum atomic E-state index is 5.24. The van der Waals surface area contributed by atoms with Gasteiger partial charge in [-0.05, 0) is 19.9 Å². The summed E-state index contributed by atoms with van der Waals surface area (Å²) in [6, 6.07) is 0.236. The summed E-state index contributed by atoms with van der Waals surface area (Å²) in [4.78, 5) is 4.43. The fourth-order valence-electron chi connectivity index (χ4n) is 1.84. The quantitative estimate of drug-likeness (QED) is 0.786. The highest BCUT2D eigenvalue weighted by molar-refractivity contribution is 5.00. The van der Waals surface area contributed by atoms with Gasteiger partial charge < -0.3 is 14.6 Å². The molecule has 1 aromatic heterocycles. The van der Waals surface area contributed by atoms with Crippen LogP contribution in [0.15, 0.2) is 4.52 Å². The van der Waals surface area contributed by atoms with Crippen molar-refractivity contribution in [3.63, 3.8) is 0 Å². The summed E-state index contributed by atoms with van der Waals surface area (Å²) in [5.74, 6) is 2.12. The number of nitrogens with one attached hydrogen (secondary N) is 1. The third-order valence-electron chi connectivity index (χ3n) is 3.15. The van der Waals surface area contributed by atoms with E-state index in [1.807, 2.05) is 7.05 Å². The minimum atomic E-state index is 0.236. The smallest absolute Gasteiger partial charge is 0.228 e. The van der Waals surface area contributed by atoms with Gasteiger partial charge in [0.1, 0.15) is 0 Å². The zero-order valence-corrected chi connectivity index (χ0v) is 9.90. The van der Waals surface area contributed by atoms with Gasteiger partial charge in [-0.2, -0.15) is 4.98 Å². The van der Waals surface area contributed by atoms with Gasteiger partial charge in [0.15, 0.2) is 5.82 Å². The second-order valence-corrected chi connectivity index (χ2v) is 4.32. The topological polar surface area (TPSA) is 60.2 Å². The summed E-state index contributed by atoms with van der Waals surface area (Å²) < 4.78 is 10.3. The molecule has 1 atom stereocenters. The van der Waals surface area contributed by atoms with Crippen molar-refractivity contribution >= 4 is 0 Å². The molecule has 1 unspecified atom stereocenters. The van der Waals surface area contributed by atoms with Crippen LogP contribution in [0.4, 0.5) is 0 Å². The molecule has 0 bridgehead atoms. The number of likely N-dealkylation sites (N-methyl/N-ethyl adjacent to an activating group) is 1. The van der Waals surface area contributed by atoms with Crippen LogP contribution in [0.1, 0.15) is 36.9 Å². The van der Waals surface area contributed by atoms with E-state index in [9.17, 15) is 0 Å². The molecule has 1 heterocycles. The summed E-state index contributed by atoms with van der Waals surface area (Å²) in [6.45, 7) is 0.650. The van der Waals surface area contributed by atoms with Crippen molar-refractivity contribution in [2.75, 3.05) is 20.8 Å². The first-order valence-corrected chi connectivity index (χ1v) is 5.82. The van der Waals surface area contributed by atoms with E-state index in [1.54, 1.807) is 7.11 Å². The molecule has 90 valence electrons. The molecule has 0 aliphatic heterocycles. The highest BCUT2D eigenvalue weighted by Gasteiger charge is 2.25. The second-order valence-electron chi connectivity index (χ2n) is 4.32. The zero-order valence-electron chi connectivity index (χ0n) is 9.90. The summed E-state index contributed by atoms with van der Waals surface area (Å²) in [7, 11) is 3.60. The maximum absolute atomic E-state index is 5.24. The molecule has 0 amide bonds. The lowest BCUT2D eigenvalue weighted by Gasteiger charge is -2.21. The van der Waals surface area contributed by atoms with Crippen molar-refractivity contribution in [2.24, 2.45) is 0 Å². The van der Waals surface area contributed by atoms with Crippen LogP contribution in [-0.4, -0.2) is 36.9 Å². The highest BCUT2D eigenvalue weighted by Crippen LogP contribution is 2.34. The van der Waals surface area contributed by atoms with Gasteiger partial charge in [-0.1, -0.05) is 11.6 Å². The van der Waals surface area contributed by atoms with E-state index in [4.69, 9.17) is 9.26 Å². The Morgan fingerprint density at radius 2 is 2.38 bits per heavy atom. The first-order valence-electron chi connectivity index (χ1n) is 5.82. The van der Waals surface area contributed by atoms with Gasteiger partial charge in [0.25, 0.3) is 0 Å². The largest absolute Gasteiger partial charge is 0.383 e. The Labute approximate surface area is 95.6 Å². The van der Waals surface area contributed by atoms with Gasteiger partial charge in [0.2, 0.25) is 5.89 Å². The van der Waals surface area contributed by atoms with Crippen molar-refractivity contribution < 1.29 is 9.26 Å². The molecule has 0 aromatic carbocycles. The third-order valence-corrected chi connectivity index (χ3v) is 3.15. The van der Waals surface area contributed by atoms with E-state index in [0.29, 0.717) is 18.4 Å². The predicted octanol–water partition coefficient (Wildman–Crippen LogP) is 1.11. The van der Waals surface area contributed by atoms with Crippen molar-refractivity contribution in [3.05, 3.63) is 11.7 Å². The van der Waals surface area contributed by atoms with Crippen LogP contribution in [0.25, 0.3) is 0 Å². The summed E-state index contributed by atoms with van der Waals surface area (Å²) in [6.07, 6.45) is 4.42. The number of hydrogen-bond donors (Lipinski definition) is 1. The Kier molecular flexibility index (Phi) is 3.90. The minimum Gasteiger partial charge on any atom is -0.383 e. The van der Waals surface area contributed by atoms with Crippen molar-refractivity contribution in [2.45, 2.75) is 37.6 Å². The molecule has 1 saturated carbocycles. The van der Waals surface area contributed by atoms with Gasteiger partial charge >= 0.3 is 0 Å². The van der Waals surface area contributed by atoms with Crippen LogP contribution < -0.4 is 5.32 Å².